The van der Waals surface area contributed by atoms with Crippen molar-refractivity contribution in [3.8, 4) is 0 Å². The van der Waals surface area contributed by atoms with E-state index < -0.39 is 5.82 Å². The van der Waals surface area contributed by atoms with Crippen molar-refractivity contribution in [1.82, 2.24) is 15.0 Å². The first-order valence-electron chi connectivity index (χ1n) is 3.54. The summed E-state index contributed by atoms with van der Waals surface area (Å²) in [6.07, 6.45) is 0. The van der Waals surface area contributed by atoms with Gasteiger partial charge in [0.25, 0.3) is 0 Å². The molecule has 13 heavy (non-hydrogen) atoms. The van der Waals surface area contributed by atoms with Crippen LogP contribution >= 0.6 is 11.6 Å². The lowest BCUT2D eigenvalue weighted by atomic mass is 10.2. The predicted octanol–water partition coefficient (Wildman–Crippen LogP) is 1.34. The topological polar surface area (TPSA) is 56.7 Å². The number of hydrogen-bond acceptors (Lipinski definition) is 3. The number of rotatable bonds is 0. The van der Waals surface area contributed by atoms with Crippen LogP contribution in [0.15, 0.2) is 6.07 Å². The van der Waals surface area contributed by atoms with Crippen molar-refractivity contribution in [1.29, 1.82) is 0 Å². The van der Waals surface area contributed by atoms with Gasteiger partial charge in [0.05, 0.1) is 10.7 Å². The van der Waals surface area contributed by atoms with Gasteiger partial charge in [-0.2, -0.15) is 0 Å². The van der Waals surface area contributed by atoms with Crippen molar-refractivity contribution in [2.45, 2.75) is 0 Å². The highest BCUT2D eigenvalue weighted by Crippen LogP contribution is 2.28. The monoisotopic (exact) mass is 200 g/mol. The van der Waals surface area contributed by atoms with Crippen LogP contribution in [0, 0.1) is 5.82 Å². The van der Waals surface area contributed by atoms with Gasteiger partial charge in [-0.3, -0.25) is 0 Å². The third-order valence-electron chi connectivity index (χ3n) is 1.82. The fraction of sp³-hybridized carbons (Fsp3) is 0.143. The maximum absolute atomic E-state index is 13.0. The minimum Gasteiger partial charge on any atom is -0.394 e. The Hall–Kier alpha value is -1.36. The number of aromatic nitrogens is 3. The van der Waals surface area contributed by atoms with Gasteiger partial charge in [0.1, 0.15) is 16.9 Å². The summed E-state index contributed by atoms with van der Waals surface area (Å²) >= 11 is 5.78. The Morgan fingerprint density at radius 3 is 3.00 bits per heavy atom. The molecule has 2 aromatic rings. The Balaban J connectivity index is 2.99. The Kier molecular flexibility index (Phi) is 1.63. The fourth-order valence-corrected chi connectivity index (χ4v) is 1.48. The SMILES string of the molecule is Cn1nnc2c(N)c(F)cc(Cl)c21. The summed E-state index contributed by atoms with van der Waals surface area (Å²) in [6, 6.07) is 1.16. The van der Waals surface area contributed by atoms with E-state index in [0.29, 0.717) is 11.0 Å². The third kappa shape index (κ3) is 1.04. The van der Waals surface area contributed by atoms with Crippen molar-refractivity contribution in [2.24, 2.45) is 7.05 Å². The second-order valence-electron chi connectivity index (χ2n) is 2.66. The summed E-state index contributed by atoms with van der Waals surface area (Å²) in [6.45, 7) is 0. The van der Waals surface area contributed by atoms with Gasteiger partial charge in [-0.15, -0.1) is 5.10 Å². The summed E-state index contributed by atoms with van der Waals surface area (Å²) in [5.74, 6) is -0.571. The molecule has 0 radical (unpaired) electrons. The molecule has 0 spiro atoms. The van der Waals surface area contributed by atoms with E-state index >= 15 is 0 Å². The van der Waals surface area contributed by atoms with Crippen LogP contribution in [0.25, 0.3) is 11.0 Å². The van der Waals surface area contributed by atoms with Gasteiger partial charge < -0.3 is 5.73 Å². The zero-order valence-electron chi connectivity index (χ0n) is 6.75. The van der Waals surface area contributed by atoms with E-state index in [4.69, 9.17) is 17.3 Å². The quantitative estimate of drug-likeness (QED) is 0.653. The molecule has 0 fully saturated rings. The van der Waals surface area contributed by atoms with Gasteiger partial charge in [-0.25, -0.2) is 9.07 Å². The normalized spacial score (nSPS) is 11.0. The molecule has 4 nitrogen and oxygen atoms in total. The first-order chi connectivity index (χ1) is 6.11. The van der Waals surface area contributed by atoms with Crippen LogP contribution in [-0.4, -0.2) is 15.0 Å². The number of fused-ring (bicyclic) bond motifs is 1. The molecule has 6 heteroatoms. The summed E-state index contributed by atoms with van der Waals surface area (Å²) in [5, 5.41) is 7.66. The van der Waals surface area contributed by atoms with Gasteiger partial charge in [0.15, 0.2) is 0 Å². The van der Waals surface area contributed by atoms with E-state index in [1.165, 1.54) is 4.68 Å². The van der Waals surface area contributed by atoms with Crippen LogP contribution in [0.2, 0.25) is 5.02 Å². The van der Waals surface area contributed by atoms with E-state index in [9.17, 15) is 4.39 Å². The smallest absolute Gasteiger partial charge is 0.150 e. The van der Waals surface area contributed by atoms with Gasteiger partial charge >= 0.3 is 0 Å². The number of aryl methyl sites for hydroxylation is 1. The molecule has 2 rings (SSSR count). The molecule has 0 aliphatic carbocycles. The maximum Gasteiger partial charge on any atom is 0.150 e. The fourth-order valence-electron chi connectivity index (χ4n) is 1.18. The van der Waals surface area contributed by atoms with Crippen LogP contribution in [0.4, 0.5) is 10.1 Å². The van der Waals surface area contributed by atoms with Crippen LogP contribution in [0.1, 0.15) is 0 Å². The lowest BCUT2D eigenvalue weighted by molar-refractivity contribution is 0.634. The molecule has 0 amide bonds. The minimum absolute atomic E-state index is 0.0208. The molecule has 2 N–H and O–H groups in total. The summed E-state index contributed by atoms with van der Waals surface area (Å²) in [4.78, 5) is 0. The zero-order chi connectivity index (χ0) is 9.59. The molecule has 0 unspecified atom stereocenters. The van der Waals surface area contributed by atoms with Crippen LogP contribution in [-0.2, 0) is 7.05 Å². The molecule has 1 aromatic carbocycles. The molecule has 0 aliphatic heterocycles. The Bertz CT molecular complexity index is 479. The maximum atomic E-state index is 13.0. The largest absolute Gasteiger partial charge is 0.394 e. The van der Waals surface area contributed by atoms with Crippen molar-refractivity contribution in [2.75, 3.05) is 5.73 Å². The van der Waals surface area contributed by atoms with E-state index in [1.54, 1.807) is 7.05 Å². The molecule has 1 heterocycles. The van der Waals surface area contributed by atoms with Crippen molar-refractivity contribution >= 4 is 28.3 Å². The number of nitrogens with two attached hydrogens (primary N) is 1. The van der Waals surface area contributed by atoms with Crippen LogP contribution in [0.5, 0.6) is 0 Å². The molecular formula is C7H6ClFN4. The molecule has 0 saturated heterocycles. The standard InChI is InChI=1S/C7H6ClFN4/c1-13-7-3(8)2-4(9)5(10)6(7)11-12-13/h2H,10H2,1H3. The molecule has 0 aliphatic rings. The highest BCUT2D eigenvalue weighted by atomic mass is 35.5. The average Bonchev–Trinajstić information content (AvgIpc) is 2.44. The van der Waals surface area contributed by atoms with Crippen molar-refractivity contribution < 1.29 is 4.39 Å². The van der Waals surface area contributed by atoms with Crippen molar-refractivity contribution in [3.63, 3.8) is 0 Å². The second kappa shape index (κ2) is 2.56. The van der Waals surface area contributed by atoms with E-state index in [1.807, 2.05) is 0 Å². The van der Waals surface area contributed by atoms with Gasteiger partial charge in [-0.05, 0) is 6.07 Å². The Morgan fingerprint density at radius 1 is 1.62 bits per heavy atom. The lowest BCUT2D eigenvalue weighted by Crippen LogP contribution is -1.94. The Labute approximate surface area is 78.1 Å². The number of anilines is 1. The van der Waals surface area contributed by atoms with Gasteiger partial charge in [0.2, 0.25) is 0 Å². The Morgan fingerprint density at radius 2 is 2.31 bits per heavy atom. The lowest BCUT2D eigenvalue weighted by Gasteiger charge is -1.99. The second-order valence-corrected chi connectivity index (χ2v) is 3.07. The number of halogens is 2. The van der Waals surface area contributed by atoms with E-state index in [0.717, 1.165) is 6.07 Å². The van der Waals surface area contributed by atoms with E-state index in [-0.39, 0.29) is 10.7 Å². The number of nitrogens with zero attached hydrogens (tertiary/aromatic N) is 3. The van der Waals surface area contributed by atoms with Crippen LogP contribution in [0.3, 0.4) is 0 Å². The predicted molar refractivity (Wildman–Crippen MR) is 47.9 cm³/mol. The first kappa shape index (κ1) is 8.25. The summed E-state index contributed by atoms with van der Waals surface area (Å²) in [5.41, 5.74) is 6.27. The molecule has 0 bridgehead atoms. The van der Waals surface area contributed by atoms with Gasteiger partial charge in [-0.1, -0.05) is 16.8 Å². The highest BCUT2D eigenvalue weighted by Gasteiger charge is 2.13. The van der Waals surface area contributed by atoms with Crippen molar-refractivity contribution in [3.05, 3.63) is 16.9 Å². The number of nitrogen functional groups attached to an aromatic ring is 1. The zero-order valence-corrected chi connectivity index (χ0v) is 7.51. The van der Waals surface area contributed by atoms with Crippen LogP contribution < -0.4 is 5.73 Å². The third-order valence-corrected chi connectivity index (χ3v) is 2.11. The summed E-state index contributed by atoms with van der Waals surface area (Å²) in [7, 11) is 1.67. The molecule has 0 saturated carbocycles. The minimum atomic E-state index is -0.571. The highest BCUT2D eigenvalue weighted by molar-refractivity contribution is 6.35. The molecule has 68 valence electrons. The summed E-state index contributed by atoms with van der Waals surface area (Å²) < 4.78 is 14.5. The molecule has 1 aromatic heterocycles. The average molecular weight is 201 g/mol. The number of hydrogen-bond donors (Lipinski definition) is 1. The molecule has 0 atom stereocenters. The van der Waals surface area contributed by atoms with Gasteiger partial charge in [0, 0.05) is 7.05 Å². The molecular weight excluding hydrogens is 195 g/mol. The first-order valence-corrected chi connectivity index (χ1v) is 3.92. The van der Waals surface area contributed by atoms with E-state index in [2.05, 4.69) is 10.3 Å². The number of benzene rings is 1.